The summed E-state index contributed by atoms with van der Waals surface area (Å²) in [5.41, 5.74) is -1.36. The van der Waals surface area contributed by atoms with E-state index in [1.54, 1.807) is 6.92 Å². The van der Waals surface area contributed by atoms with E-state index >= 15 is 0 Å². The lowest BCUT2D eigenvalue weighted by Gasteiger charge is -2.33. The van der Waals surface area contributed by atoms with Crippen molar-refractivity contribution >= 4 is 16.0 Å². The number of carbonyl (C=O) groups is 1. The summed E-state index contributed by atoms with van der Waals surface area (Å²) in [7, 11) is -3.43. The number of aliphatic carboxylic acids is 1. The van der Waals surface area contributed by atoms with Crippen LogP contribution in [0.25, 0.3) is 0 Å². The molecule has 88 valence electrons. The van der Waals surface area contributed by atoms with Crippen molar-refractivity contribution in [2.45, 2.75) is 44.4 Å². The maximum absolute atomic E-state index is 11.9. The van der Waals surface area contributed by atoms with Gasteiger partial charge in [0.2, 0.25) is 10.0 Å². The van der Waals surface area contributed by atoms with E-state index < -0.39 is 21.5 Å². The summed E-state index contributed by atoms with van der Waals surface area (Å²) in [6, 6.07) is 0. The lowest BCUT2D eigenvalue weighted by molar-refractivity contribution is -0.146. The molecule has 0 aliphatic heterocycles. The summed E-state index contributed by atoms with van der Waals surface area (Å²) >= 11 is 0. The number of hydrogen-bond donors (Lipinski definition) is 1. The van der Waals surface area contributed by atoms with E-state index in [1.807, 2.05) is 0 Å². The number of sulfonamides is 1. The minimum Gasteiger partial charge on any atom is -0.480 e. The highest BCUT2D eigenvalue weighted by molar-refractivity contribution is 7.90. The Balaban J connectivity index is 3.03. The van der Waals surface area contributed by atoms with Gasteiger partial charge in [0, 0.05) is 6.54 Å². The molecule has 0 unspecified atom stereocenters. The van der Waals surface area contributed by atoms with Crippen LogP contribution in [0.3, 0.4) is 0 Å². The van der Waals surface area contributed by atoms with Crippen LogP contribution in [0, 0.1) is 0 Å². The molecule has 0 saturated heterocycles. The summed E-state index contributed by atoms with van der Waals surface area (Å²) in [5, 5.41) is 8.64. The van der Waals surface area contributed by atoms with E-state index in [9.17, 15) is 13.2 Å². The van der Waals surface area contributed by atoms with Crippen molar-refractivity contribution in [3.8, 4) is 0 Å². The Labute approximate surface area is 90.1 Å². The monoisotopic (exact) mass is 235 g/mol. The molecule has 0 amide bonds. The average molecular weight is 235 g/mol. The first-order valence-electron chi connectivity index (χ1n) is 4.99. The van der Waals surface area contributed by atoms with Gasteiger partial charge in [0.05, 0.1) is 5.25 Å². The second-order valence-corrected chi connectivity index (χ2v) is 6.41. The fraction of sp³-hybridized carbons (Fsp3) is 0.889. The van der Waals surface area contributed by atoms with Crippen LogP contribution < -0.4 is 0 Å². The summed E-state index contributed by atoms with van der Waals surface area (Å²) in [6.07, 6.45) is 1.29. The van der Waals surface area contributed by atoms with E-state index in [1.165, 1.54) is 13.8 Å². The predicted molar refractivity (Wildman–Crippen MR) is 56.0 cm³/mol. The van der Waals surface area contributed by atoms with Gasteiger partial charge in [-0.2, -0.15) is 4.31 Å². The van der Waals surface area contributed by atoms with Crippen molar-refractivity contribution in [1.82, 2.24) is 4.31 Å². The van der Waals surface area contributed by atoms with Crippen molar-refractivity contribution in [3.63, 3.8) is 0 Å². The number of hydrogen-bond acceptors (Lipinski definition) is 3. The molecule has 0 spiro atoms. The summed E-state index contributed by atoms with van der Waals surface area (Å²) in [5.74, 6) is -1.12. The Morgan fingerprint density at radius 1 is 1.47 bits per heavy atom. The van der Waals surface area contributed by atoms with Crippen LogP contribution in [0.2, 0.25) is 0 Å². The van der Waals surface area contributed by atoms with Gasteiger partial charge >= 0.3 is 5.97 Å². The average Bonchev–Trinajstić information content (AvgIpc) is 2.85. The first kappa shape index (κ1) is 12.4. The zero-order valence-electron chi connectivity index (χ0n) is 9.23. The van der Waals surface area contributed by atoms with Crippen molar-refractivity contribution in [3.05, 3.63) is 0 Å². The molecule has 1 aliphatic carbocycles. The molecule has 0 heterocycles. The molecule has 0 aromatic rings. The van der Waals surface area contributed by atoms with Crippen LogP contribution in [-0.4, -0.2) is 41.1 Å². The molecule has 15 heavy (non-hydrogen) atoms. The third-order valence-corrected chi connectivity index (χ3v) is 5.33. The zero-order valence-corrected chi connectivity index (χ0v) is 10.0. The van der Waals surface area contributed by atoms with E-state index in [4.69, 9.17) is 5.11 Å². The predicted octanol–water partition coefficient (Wildman–Crippen LogP) is 0.664. The largest absolute Gasteiger partial charge is 0.480 e. The number of rotatable bonds is 5. The zero-order chi connectivity index (χ0) is 11.9. The van der Waals surface area contributed by atoms with E-state index in [0.717, 1.165) is 4.31 Å². The van der Waals surface area contributed by atoms with E-state index in [2.05, 4.69) is 0 Å². The topological polar surface area (TPSA) is 74.7 Å². The number of nitrogens with zero attached hydrogens (tertiary/aromatic N) is 1. The quantitative estimate of drug-likeness (QED) is 0.759. The highest BCUT2D eigenvalue weighted by Gasteiger charge is 2.47. The third kappa shape index (κ3) is 2.15. The molecule has 1 aliphatic rings. The van der Waals surface area contributed by atoms with Crippen LogP contribution in [0.4, 0.5) is 0 Å². The molecule has 0 radical (unpaired) electrons. The normalized spacial score (nSPS) is 18.1. The summed E-state index contributed by atoms with van der Waals surface area (Å²) in [6.45, 7) is 4.68. The van der Waals surface area contributed by atoms with Gasteiger partial charge in [0.25, 0.3) is 0 Å². The number of carboxylic acid groups (broad SMARTS) is 1. The van der Waals surface area contributed by atoms with Gasteiger partial charge in [0.15, 0.2) is 0 Å². The van der Waals surface area contributed by atoms with E-state index in [-0.39, 0.29) is 11.8 Å². The molecular formula is C9H17NO4S. The Hall–Kier alpha value is -0.620. The van der Waals surface area contributed by atoms with E-state index in [0.29, 0.717) is 12.8 Å². The summed E-state index contributed by atoms with van der Waals surface area (Å²) in [4.78, 5) is 11.0. The summed E-state index contributed by atoms with van der Waals surface area (Å²) < 4.78 is 25.0. The Morgan fingerprint density at radius 2 is 1.93 bits per heavy atom. The molecule has 0 bridgehead atoms. The van der Waals surface area contributed by atoms with Gasteiger partial charge in [-0.25, -0.2) is 8.42 Å². The van der Waals surface area contributed by atoms with Gasteiger partial charge in [-0.05, 0) is 26.7 Å². The van der Waals surface area contributed by atoms with Gasteiger partial charge in [-0.3, -0.25) is 4.79 Å². The maximum Gasteiger partial charge on any atom is 0.324 e. The first-order chi connectivity index (χ1) is 6.74. The second-order valence-electron chi connectivity index (χ2n) is 4.27. The molecule has 1 fully saturated rings. The number of carboxylic acids is 1. The molecule has 1 N–H and O–H groups in total. The van der Waals surface area contributed by atoms with Crippen LogP contribution in [0.5, 0.6) is 0 Å². The Morgan fingerprint density at radius 3 is 2.20 bits per heavy atom. The van der Waals surface area contributed by atoms with Crippen LogP contribution in [0.1, 0.15) is 33.6 Å². The van der Waals surface area contributed by atoms with Crippen LogP contribution >= 0.6 is 0 Å². The minimum atomic E-state index is -3.43. The molecule has 1 rings (SSSR count). The second kappa shape index (κ2) is 3.75. The smallest absolute Gasteiger partial charge is 0.324 e. The van der Waals surface area contributed by atoms with Crippen LogP contribution in [-0.2, 0) is 14.8 Å². The lowest BCUT2D eigenvalue weighted by Crippen LogP contribution is -2.53. The minimum absolute atomic E-state index is 0.193. The lowest BCUT2D eigenvalue weighted by atomic mass is 10.1. The first-order valence-corrected chi connectivity index (χ1v) is 6.50. The van der Waals surface area contributed by atoms with Gasteiger partial charge in [-0.15, -0.1) is 0 Å². The van der Waals surface area contributed by atoms with Crippen molar-refractivity contribution in [2.75, 3.05) is 6.54 Å². The molecular weight excluding hydrogens is 218 g/mol. The van der Waals surface area contributed by atoms with Gasteiger partial charge in [-0.1, -0.05) is 6.92 Å². The molecule has 1 saturated carbocycles. The Bertz CT molecular complexity index is 356. The SMILES string of the molecule is CCN(C(C)(C)C(=O)O)S(=O)(=O)C1CC1. The van der Waals surface area contributed by atoms with Crippen LogP contribution in [0.15, 0.2) is 0 Å². The van der Waals surface area contributed by atoms with Gasteiger partial charge in [0.1, 0.15) is 5.54 Å². The highest BCUT2D eigenvalue weighted by atomic mass is 32.2. The highest BCUT2D eigenvalue weighted by Crippen LogP contribution is 2.34. The van der Waals surface area contributed by atoms with Crippen molar-refractivity contribution in [2.24, 2.45) is 0 Å². The fourth-order valence-electron chi connectivity index (χ4n) is 1.55. The van der Waals surface area contributed by atoms with Crippen molar-refractivity contribution in [1.29, 1.82) is 0 Å². The standard InChI is InChI=1S/C9H17NO4S/c1-4-10(9(2,3)8(11)12)15(13,14)7-5-6-7/h7H,4-6H2,1-3H3,(H,11,12). The number of likely N-dealkylation sites (N-methyl/N-ethyl adjacent to an activating group) is 1. The third-order valence-electron chi connectivity index (χ3n) is 2.69. The molecule has 6 heteroatoms. The maximum atomic E-state index is 11.9. The van der Waals surface area contributed by atoms with Gasteiger partial charge < -0.3 is 5.11 Å². The molecule has 0 atom stereocenters. The molecule has 0 aromatic carbocycles. The molecule has 5 nitrogen and oxygen atoms in total. The fourth-order valence-corrected chi connectivity index (χ4v) is 3.71. The van der Waals surface area contributed by atoms with Crippen molar-refractivity contribution < 1.29 is 18.3 Å². The molecule has 0 aromatic heterocycles. The Kier molecular flexibility index (Phi) is 3.11.